The lowest BCUT2D eigenvalue weighted by Crippen LogP contribution is -2.33. The quantitative estimate of drug-likeness (QED) is 0.569. The summed E-state index contributed by atoms with van der Waals surface area (Å²) in [6.07, 6.45) is 5.82. The molecule has 0 radical (unpaired) electrons. The number of carbonyl (C=O) groups is 3. The lowest BCUT2D eigenvalue weighted by atomic mass is 9.85. The number of benzene rings is 1. The Bertz CT molecular complexity index is 911. The monoisotopic (exact) mass is 394 g/mol. The molecule has 2 aromatic rings. The molecule has 3 amide bonds. The average molecular weight is 394 g/mol. The molecule has 4 rings (SSSR count). The van der Waals surface area contributed by atoms with Gasteiger partial charge in [-0.05, 0) is 19.3 Å². The van der Waals surface area contributed by atoms with Gasteiger partial charge in [-0.3, -0.25) is 19.3 Å². The zero-order valence-corrected chi connectivity index (χ0v) is 15.9. The van der Waals surface area contributed by atoms with Crippen LogP contribution in [0.5, 0.6) is 0 Å². The Morgan fingerprint density at radius 3 is 2.48 bits per heavy atom. The van der Waals surface area contributed by atoms with Crippen molar-refractivity contribution >= 4 is 17.7 Å². The molecule has 1 saturated heterocycles. The van der Waals surface area contributed by atoms with Gasteiger partial charge in [0.25, 0.3) is 0 Å². The van der Waals surface area contributed by atoms with Crippen LogP contribution in [0.3, 0.4) is 0 Å². The SMILES string of the molecule is O=C(CCCN1C(=O)C2CC=CCC2C1=O)NCc1nc(-c2ccccc2)no1. The molecule has 1 aliphatic carbocycles. The number of imide groups is 1. The van der Waals surface area contributed by atoms with Crippen molar-refractivity contribution in [3.63, 3.8) is 0 Å². The highest BCUT2D eigenvalue weighted by atomic mass is 16.5. The highest BCUT2D eigenvalue weighted by Gasteiger charge is 2.46. The van der Waals surface area contributed by atoms with Crippen LogP contribution in [-0.2, 0) is 20.9 Å². The molecule has 0 bridgehead atoms. The number of hydrogen-bond acceptors (Lipinski definition) is 6. The van der Waals surface area contributed by atoms with Crippen LogP contribution in [0.4, 0.5) is 0 Å². The molecule has 8 nitrogen and oxygen atoms in total. The van der Waals surface area contributed by atoms with E-state index in [9.17, 15) is 14.4 Å². The summed E-state index contributed by atoms with van der Waals surface area (Å²) in [4.78, 5) is 42.5. The van der Waals surface area contributed by atoms with Gasteiger partial charge in [-0.15, -0.1) is 0 Å². The van der Waals surface area contributed by atoms with Gasteiger partial charge in [-0.1, -0.05) is 47.6 Å². The number of amides is 3. The predicted octanol–water partition coefficient (Wildman–Crippen LogP) is 2.08. The molecule has 2 aliphatic rings. The van der Waals surface area contributed by atoms with Crippen LogP contribution >= 0.6 is 0 Å². The third-order valence-corrected chi connectivity index (χ3v) is 5.32. The van der Waals surface area contributed by atoms with Crippen LogP contribution in [0.15, 0.2) is 47.0 Å². The first kappa shape index (κ1) is 19.0. The lowest BCUT2D eigenvalue weighted by molar-refractivity contribution is -0.140. The van der Waals surface area contributed by atoms with Crippen molar-refractivity contribution in [2.75, 3.05) is 6.54 Å². The van der Waals surface area contributed by atoms with Crippen molar-refractivity contribution in [2.45, 2.75) is 32.2 Å². The standard InChI is InChI=1S/C21H22N4O4/c26-17(22-13-18-23-19(24-29-18)14-7-2-1-3-8-14)11-6-12-25-20(27)15-9-4-5-10-16(15)21(25)28/h1-5,7-8,15-16H,6,9-13H2,(H,22,26). The number of nitrogens with zero attached hydrogens (tertiary/aromatic N) is 3. The fourth-order valence-electron chi connectivity index (χ4n) is 3.78. The number of aromatic nitrogens is 2. The number of carbonyl (C=O) groups excluding carboxylic acids is 3. The summed E-state index contributed by atoms with van der Waals surface area (Å²) in [7, 11) is 0. The van der Waals surface area contributed by atoms with E-state index in [2.05, 4.69) is 15.5 Å². The van der Waals surface area contributed by atoms with E-state index in [-0.39, 0.29) is 49.1 Å². The van der Waals surface area contributed by atoms with Crippen LogP contribution in [0.2, 0.25) is 0 Å². The van der Waals surface area contributed by atoms with Crippen LogP contribution in [-0.4, -0.2) is 39.3 Å². The van der Waals surface area contributed by atoms with E-state index in [0.717, 1.165) is 5.56 Å². The van der Waals surface area contributed by atoms with E-state index in [1.54, 1.807) is 0 Å². The summed E-state index contributed by atoms with van der Waals surface area (Å²) >= 11 is 0. The molecule has 0 spiro atoms. The minimum Gasteiger partial charge on any atom is -0.347 e. The zero-order chi connectivity index (χ0) is 20.2. The van der Waals surface area contributed by atoms with Gasteiger partial charge < -0.3 is 9.84 Å². The van der Waals surface area contributed by atoms with Gasteiger partial charge in [0.05, 0.1) is 18.4 Å². The Hall–Kier alpha value is -3.29. The number of fused-ring (bicyclic) bond motifs is 1. The fraction of sp³-hybridized carbons (Fsp3) is 0.381. The molecule has 29 heavy (non-hydrogen) atoms. The molecule has 1 aromatic heterocycles. The maximum absolute atomic E-state index is 12.4. The highest BCUT2D eigenvalue weighted by Crippen LogP contribution is 2.35. The largest absolute Gasteiger partial charge is 0.347 e. The molecule has 2 atom stereocenters. The maximum atomic E-state index is 12.4. The Balaban J connectivity index is 1.22. The van der Waals surface area contributed by atoms with Crippen molar-refractivity contribution in [1.82, 2.24) is 20.4 Å². The number of hydrogen-bond donors (Lipinski definition) is 1. The first-order chi connectivity index (χ1) is 14.1. The summed E-state index contributed by atoms with van der Waals surface area (Å²) in [6, 6.07) is 9.42. The number of rotatable bonds is 7. The molecule has 2 heterocycles. The van der Waals surface area contributed by atoms with Gasteiger partial charge in [-0.25, -0.2) is 0 Å². The van der Waals surface area contributed by atoms with E-state index in [4.69, 9.17) is 4.52 Å². The first-order valence-electron chi connectivity index (χ1n) is 9.78. The first-order valence-corrected chi connectivity index (χ1v) is 9.78. The molecular formula is C21H22N4O4. The minimum atomic E-state index is -0.224. The summed E-state index contributed by atoms with van der Waals surface area (Å²) in [6.45, 7) is 0.410. The van der Waals surface area contributed by atoms with Crippen LogP contribution in [0.25, 0.3) is 11.4 Å². The van der Waals surface area contributed by atoms with Gasteiger partial charge in [-0.2, -0.15) is 4.98 Å². The van der Waals surface area contributed by atoms with Crippen LogP contribution in [0.1, 0.15) is 31.6 Å². The Morgan fingerprint density at radius 1 is 1.10 bits per heavy atom. The summed E-state index contributed by atoms with van der Waals surface area (Å²) in [5.41, 5.74) is 0.838. The second-order valence-electron chi connectivity index (χ2n) is 7.24. The molecule has 1 fully saturated rings. The normalized spacial score (nSPS) is 20.8. The van der Waals surface area contributed by atoms with Gasteiger partial charge in [0, 0.05) is 18.5 Å². The topological polar surface area (TPSA) is 105 Å². The summed E-state index contributed by atoms with van der Waals surface area (Å²) in [5, 5.41) is 6.63. The zero-order valence-electron chi connectivity index (χ0n) is 15.9. The fourth-order valence-corrected chi connectivity index (χ4v) is 3.78. The van der Waals surface area contributed by atoms with E-state index in [1.165, 1.54) is 4.90 Å². The van der Waals surface area contributed by atoms with Gasteiger partial charge in [0.15, 0.2) is 0 Å². The number of nitrogens with one attached hydrogen (secondary N) is 1. The van der Waals surface area contributed by atoms with Gasteiger partial charge >= 0.3 is 0 Å². The van der Waals surface area contributed by atoms with Crippen molar-refractivity contribution in [3.8, 4) is 11.4 Å². The number of likely N-dealkylation sites (tertiary alicyclic amines) is 1. The average Bonchev–Trinajstić information content (AvgIpc) is 3.32. The Morgan fingerprint density at radius 2 is 1.79 bits per heavy atom. The van der Waals surface area contributed by atoms with Gasteiger partial charge in [0.1, 0.15) is 0 Å². The molecular weight excluding hydrogens is 372 g/mol. The molecule has 150 valence electrons. The highest BCUT2D eigenvalue weighted by molar-refractivity contribution is 6.05. The smallest absolute Gasteiger partial charge is 0.246 e. The van der Waals surface area contributed by atoms with E-state index in [0.29, 0.717) is 31.0 Å². The predicted molar refractivity (Wildman–Crippen MR) is 103 cm³/mol. The Labute approximate surface area is 168 Å². The third kappa shape index (κ3) is 4.11. The molecule has 2 unspecified atom stereocenters. The third-order valence-electron chi connectivity index (χ3n) is 5.32. The van der Waals surface area contributed by atoms with Crippen molar-refractivity contribution in [3.05, 3.63) is 48.4 Å². The minimum absolute atomic E-state index is 0.107. The van der Waals surface area contributed by atoms with E-state index in [1.807, 2.05) is 42.5 Å². The van der Waals surface area contributed by atoms with E-state index < -0.39 is 0 Å². The second kappa shape index (κ2) is 8.38. The van der Waals surface area contributed by atoms with Crippen LogP contribution < -0.4 is 5.32 Å². The summed E-state index contributed by atoms with van der Waals surface area (Å²) in [5.74, 6) is -0.0679. The molecule has 1 aliphatic heterocycles. The molecule has 0 saturated carbocycles. The molecule has 1 N–H and O–H groups in total. The Kier molecular flexibility index (Phi) is 5.50. The second-order valence-corrected chi connectivity index (χ2v) is 7.24. The van der Waals surface area contributed by atoms with Crippen molar-refractivity contribution in [2.24, 2.45) is 11.8 Å². The number of allylic oxidation sites excluding steroid dienone is 2. The maximum Gasteiger partial charge on any atom is 0.246 e. The molecule has 1 aromatic carbocycles. The van der Waals surface area contributed by atoms with E-state index >= 15 is 0 Å². The lowest BCUT2D eigenvalue weighted by Gasteiger charge is -2.14. The van der Waals surface area contributed by atoms with Crippen molar-refractivity contribution in [1.29, 1.82) is 0 Å². The molecule has 8 heteroatoms. The van der Waals surface area contributed by atoms with Gasteiger partial charge in [0.2, 0.25) is 29.4 Å². The van der Waals surface area contributed by atoms with Crippen molar-refractivity contribution < 1.29 is 18.9 Å². The van der Waals surface area contributed by atoms with Crippen LogP contribution in [0, 0.1) is 11.8 Å². The summed E-state index contributed by atoms with van der Waals surface area (Å²) < 4.78 is 5.16.